The third kappa shape index (κ3) is 5.01. The van der Waals surface area contributed by atoms with Gasteiger partial charge in [-0.15, -0.1) is 0 Å². The molecule has 24 heavy (non-hydrogen) atoms. The Morgan fingerprint density at radius 2 is 2.00 bits per heavy atom. The van der Waals surface area contributed by atoms with Crippen LogP contribution in [-0.4, -0.2) is 60.4 Å². The molecule has 0 radical (unpaired) electrons. The summed E-state index contributed by atoms with van der Waals surface area (Å²) in [4.78, 5) is 57.0. The predicted octanol–water partition coefficient (Wildman–Crippen LogP) is 0.614. The number of nitrogens with one attached hydrogen (secondary N) is 1. The molecule has 1 aromatic carbocycles. The normalized spacial score (nSPS) is 11.2. The van der Waals surface area contributed by atoms with E-state index in [2.05, 4.69) is 5.32 Å². The SMILES string of the molecule is CN(C(=O)c1cc(NCC(=O)O)ccc1C=O)C(C=O)CCC=O. The monoisotopic (exact) mass is 334 g/mol. The largest absolute Gasteiger partial charge is 0.480 e. The van der Waals surface area contributed by atoms with E-state index in [9.17, 15) is 24.0 Å². The van der Waals surface area contributed by atoms with Gasteiger partial charge in [0.1, 0.15) is 19.1 Å². The van der Waals surface area contributed by atoms with E-state index in [0.717, 1.165) is 4.90 Å². The van der Waals surface area contributed by atoms with Crippen molar-refractivity contribution in [1.82, 2.24) is 4.90 Å². The molecular formula is C16H18N2O6. The van der Waals surface area contributed by atoms with Crippen LogP contribution in [-0.2, 0) is 14.4 Å². The zero-order valence-corrected chi connectivity index (χ0v) is 13.1. The molecule has 1 rings (SSSR count). The average molecular weight is 334 g/mol. The van der Waals surface area contributed by atoms with Crippen molar-refractivity contribution in [2.45, 2.75) is 18.9 Å². The van der Waals surface area contributed by atoms with E-state index >= 15 is 0 Å². The lowest BCUT2D eigenvalue weighted by atomic mass is 10.0. The van der Waals surface area contributed by atoms with Crippen LogP contribution in [0.15, 0.2) is 18.2 Å². The lowest BCUT2D eigenvalue weighted by molar-refractivity contribution is -0.135. The van der Waals surface area contributed by atoms with E-state index < -0.39 is 17.9 Å². The molecular weight excluding hydrogens is 316 g/mol. The molecule has 1 amide bonds. The highest BCUT2D eigenvalue weighted by Crippen LogP contribution is 2.18. The number of amides is 1. The highest BCUT2D eigenvalue weighted by Gasteiger charge is 2.22. The van der Waals surface area contributed by atoms with Gasteiger partial charge in [0.2, 0.25) is 0 Å². The molecule has 0 aliphatic heterocycles. The number of likely N-dealkylation sites (N-methyl/N-ethyl adjacent to an activating group) is 1. The fourth-order valence-corrected chi connectivity index (χ4v) is 2.06. The molecule has 8 heteroatoms. The summed E-state index contributed by atoms with van der Waals surface area (Å²) in [5.74, 6) is -1.64. The van der Waals surface area contributed by atoms with Gasteiger partial charge in [-0.1, -0.05) is 0 Å². The van der Waals surface area contributed by atoms with Crippen molar-refractivity contribution in [2.75, 3.05) is 18.9 Å². The van der Waals surface area contributed by atoms with Gasteiger partial charge in [-0.25, -0.2) is 0 Å². The van der Waals surface area contributed by atoms with Gasteiger partial charge in [-0.05, 0) is 24.6 Å². The van der Waals surface area contributed by atoms with Gasteiger partial charge in [0.05, 0.1) is 11.6 Å². The van der Waals surface area contributed by atoms with Gasteiger partial charge < -0.3 is 24.9 Å². The molecule has 0 saturated carbocycles. The van der Waals surface area contributed by atoms with Gasteiger partial charge in [0, 0.05) is 24.7 Å². The minimum Gasteiger partial charge on any atom is -0.480 e. The Hall–Kier alpha value is -3.03. The Morgan fingerprint density at radius 3 is 2.54 bits per heavy atom. The summed E-state index contributed by atoms with van der Waals surface area (Å²) in [7, 11) is 1.40. The minimum absolute atomic E-state index is 0.0424. The van der Waals surface area contributed by atoms with Gasteiger partial charge in [-0.3, -0.25) is 14.4 Å². The van der Waals surface area contributed by atoms with E-state index in [1.54, 1.807) is 0 Å². The van der Waals surface area contributed by atoms with Crippen LogP contribution in [0.25, 0.3) is 0 Å². The standard InChI is InChI=1S/C16H18N2O6/c1-18(13(10-21)3-2-6-19)16(24)14-7-12(17-8-15(22)23)5-4-11(14)9-20/h4-7,9-10,13,17H,2-3,8H2,1H3,(H,22,23). The topological polar surface area (TPSA) is 121 Å². The van der Waals surface area contributed by atoms with Crippen LogP contribution in [0.5, 0.6) is 0 Å². The van der Waals surface area contributed by atoms with Crippen LogP contribution < -0.4 is 5.32 Å². The fourth-order valence-electron chi connectivity index (χ4n) is 2.06. The fraction of sp³-hybridized carbons (Fsp3) is 0.312. The summed E-state index contributed by atoms with van der Waals surface area (Å²) in [5.41, 5.74) is 0.517. The van der Waals surface area contributed by atoms with Crippen molar-refractivity contribution < 1.29 is 29.1 Å². The Morgan fingerprint density at radius 1 is 1.29 bits per heavy atom. The van der Waals surface area contributed by atoms with Gasteiger partial charge in [0.15, 0.2) is 6.29 Å². The maximum absolute atomic E-state index is 12.6. The molecule has 0 fully saturated rings. The Balaban J connectivity index is 3.07. The molecule has 0 aliphatic carbocycles. The molecule has 8 nitrogen and oxygen atoms in total. The molecule has 0 aliphatic rings. The van der Waals surface area contributed by atoms with Crippen LogP contribution in [0.4, 0.5) is 5.69 Å². The number of carbonyl (C=O) groups excluding carboxylic acids is 4. The summed E-state index contributed by atoms with van der Waals surface area (Å²) < 4.78 is 0. The molecule has 1 atom stereocenters. The number of anilines is 1. The smallest absolute Gasteiger partial charge is 0.322 e. The average Bonchev–Trinajstić information content (AvgIpc) is 2.59. The highest BCUT2D eigenvalue weighted by atomic mass is 16.4. The van der Waals surface area contributed by atoms with E-state index in [-0.39, 0.29) is 30.5 Å². The summed E-state index contributed by atoms with van der Waals surface area (Å²) >= 11 is 0. The first-order chi connectivity index (χ1) is 11.4. The van der Waals surface area contributed by atoms with E-state index in [1.165, 1.54) is 25.2 Å². The first-order valence-corrected chi connectivity index (χ1v) is 7.15. The minimum atomic E-state index is -1.07. The number of hydrogen-bond donors (Lipinski definition) is 2. The number of nitrogens with zero attached hydrogens (tertiary/aromatic N) is 1. The van der Waals surface area contributed by atoms with Crippen LogP contribution in [0.2, 0.25) is 0 Å². The zero-order chi connectivity index (χ0) is 18.1. The Bertz CT molecular complexity index is 643. The molecule has 1 unspecified atom stereocenters. The molecule has 0 saturated heterocycles. The van der Waals surface area contributed by atoms with Crippen LogP contribution >= 0.6 is 0 Å². The summed E-state index contributed by atoms with van der Waals surface area (Å²) in [5, 5.41) is 11.3. The summed E-state index contributed by atoms with van der Waals surface area (Å²) in [6, 6.07) is 3.43. The number of benzene rings is 1. The van der Waals surface area contributed by atoms with Gasteiger partial charge >= 0.3 is 5.97 Å². The molecule has 0 heterocycles. The Kier molecular flexibility index (Phi) is 7.28. The first kappa shape index (κ1) is 19.0. The van der Waals surface area contributed by atoms with Crippen LogP contribution in [0, 0.1) is 0 Å². The van der Waals surface area contributed by atoms with Crippen molar-refractivity contribution in [2.24, 2.45) is 0 Å². The number of aldehydes is 3. The third-order valence-corrected chi connectivity index (χ3v) is 3.41. The van der Waals surface area contributed by atoms with E-state index in [4.69, 9.17) is 5.11 Å². The Labute approximate surface area is 138 Å². The summed E-state index contributed by atoms with van der Waals surface area (Å²) in [6.07, 6.45) is 2.03. The van der Waals surface area contributed by atoms with Crippen LogP contribution in [0.1, 0.15) is 33.6 Å². The number of aliphatic carboxylic acids is 1. The van der Waals surface area contributed by atoms with Crippen molar-refractivity contribution in [1.29, 1.82) is 0 Å². The molecule has 2 N–H and O–H groups in total. The predicted molar refractivity (Wildman–Crippen MR) is 85.2 cm³/mol. The quantitative estimate of drug-likeness (QED) is 0.601. The second-order valence-corrected chi connectivity index (χ2v) is 5.03. The number of carbonyl (C=O) groups is 5. The molecule has 0 aromatic heterocycles. The molecule has 128 valence electrons. The van der Waals surface area contributed by atoms with Crippen molar-refractivity contribution >= 4 is 36.4 Å². The maximum Gasteiger partial charge on any atom is 0.322 e. The van der Waals surface area contributed by atoms with E-state index in [0.29, 0.717) is 24.5 Å². The van der Waals surface area contributed by atoms with Crippen molar-refractivity contribution in [3.05, 3.63) is 29.3 Å². The third-order valence-electron chi connectivity index (χ3n) is 3.41. The first-order valence-electron chi connectivity index (χ1n) is 7.15. The molecule has 1 aromatic rings. The van der Waals surface area contributed by atoms with Gasteiger partial charge in [-0.2, -0.15) is 0 Å². The number of carboxylic acids is 1. The zero-order valence-electron chi connectivity index (χ0n) is 13.1. The van der Waals surface area contributed by atoms with Crippen LogP contribution in [0.3, 0.4) is 0 Å². The second-order valence-electron chi connectivity index (χ2n) is 5.03. The maximum atomic E-state index is 12.6. The highest BCUT2D eigenvalue weighted by molar-refractivity contribution is 6.03. The lowest BCUT2D eigenvalue weighted by Crippen LogP contribution is -2.38. The second kappa shape index (κ2) is 9.19. The van der Waals surface area contributed by atoms with Crippen molar-refractivity contribution in [3.63, 3.8) is 0 Å². The van der Waals surface area contributed by atoms with Crippen molar-refractivity contribution in [3.8, 4) is 0 Å². The number of carboxylic acid groups (broad SMARTS) is 1. The van der Waals surface area contributed by atoms with E-state index in [1.807, 2.05) is 0 Å². The number of rotatable bonds is 10. The summed E-state index contributed by atoms with van der Waals surface area (Å²) in [6.45, 7) is -0.347. The van der Waals surface area contributed by atoms with Gasteiger partial charge in [0.25, 0.3) is 5.91 Å². The number of hydrogen-bond acceptors (Lipinski definition) is 6. The lowest BCUT2D eigenvalue weighted by Gasteiger charge is -2.24. The molecule has 0 spiro atoms. The molecule has 0 bridgehead atoms.